The maximum absolute atomic E-state index is 12.3. The zero-order chi connectivity index (χ0) is 60.5. The number of rotatable bonds is 62. The fourth-order valence-corrected chi connectivity index (χ4v) is 9.41. The number of ether oxygens (including phenoxy) is 2. The Bertz CT molecular complexity index is 1840. The molecule has 474 valence electrons. The predicted molar refractivity (Wildman–Crippen MR) is 370 cm³/mol. The van der Waals surface area contributed by atoms with E-state index in [1.54, 1.807) is 0 Å². The fourth-order valence-electron chi connectivity index (χ4n) is 9.41. The van der Waals surface area contributed by atoms with Gasteiger partial charge < -0.3 is 14.6 Å². The minimum atomic E-state index is -0.814. The van der Waals surface area contributed by atoms with E-state index in [0.717, 1.165) is 116 Å². The van der Waals surface area contributed by atoms with Crippen molar-refractivity contribution in [3.8, 4) is 0 Å². The summed E-state index contributed by atoms with van der Waals surface area (Å²) in [6, 6.07) is 0. The number of esters is 2. The van der Waals surface area contributed by atoms with Crippen molar-refractivity contribution in [2.75, 3.05) is 13.2 Å². The number of allylic oxidation sites excluding steroid dienone is 28. The molecule has 0 rings (SSSR count). The number of carbonyl (C=O) groups excluding carboxylic acids is 2. The van der Waals surface area contributed by atoms with Crippen molar-refractivity contribution in [2.45, 2.75) is 302 Å². The van der Waals surface area contributed by atoms with Crippen LogP contribution in [0.5, 0.6) is 0 Å². The zero-order valence-corrected chi connectivity index (χ0v) is 54.4. The Morgan fingerprint density at radius 3 is 0.750 bits per heavy atom. The molecule has 1 atom stereocenters. The van der Waals surface area contributed by atoms with E-state index in [9.17, 15) is 14.7 Å². The molecule has 0 aromatic rings. The minimum absolute atomic E-state index is 0.0962. The summed E-state index contributed by atoms with van der Waals surface area (Å²) in [6.07, 6.45) is 112. The Morgan fingerprint density at radius 2 is 0.488 bits per heavy atom. The molecule has 0 aromatic carbocycles. The molecule has 84 heavy (non-hydrogen) atoms. The van der Waals surface area contributed by atoms with Crippen LogP contribution < -0.4 is 0 Å². The number of aliphatic hydroxyl groups excluding tert-OH is 1. The first kappa shape index (κ1) is 79.3. The number of hydrogen-bond donors (Lipinski definition) is 1. The third-order valence-corrected chi connectivity index (χ3v) is 14.5. The normalized spacial score (nSPS) is 13.3. The Balaban J connectivity index is 3.53. The van der Waals surface area contributed by atoms with E-state index < -0.39 is 6.10 Å². The van der Waals surface area contributed by atoms with Gasteiger partial charge in [-0.05, 0) is 122 Å². The predicted octanol–water partition coefficient (Wildman–Crippen LogP) is 24.4. The molecule has 0 aliphatic rings. The molecule has 0 amide bonds. The summed E-state index contributed by atoms with van der Waals surface area (Å²) in [4.78, 5) is 24.6. The first-order valence-electron chi connectivity index (χ1n) is 34.7. The van der Waals surface area contributed by atoms with Crippen molar-refractivity contribution in [1.29, 1.82) is 0 Å². The van der Waals surface area contributed by atoms with Gasteiger partial charge in [0.05, 0.1) is 6.61 Å². The van der Waals surface area contributed by atoms with E-state index in [2.05, 4.69) is 184 Å². The number of carbonyl (C=O) groups is 2. The first-order valence-corrected chi connectivity index (χ1v) is 34.7. The molecule has 1 N–H and O–H groups in total. The van der Waals surface area contributed by atoms with Gasteiger partial charge in [0, 0.05) is 12.8 Å². The largest absolute Gasteiger partial charge is 0.462 e. The smallest absolute Gasteiger partial charge is 0.306 e. The van der Waals surface area contributed by atoms with Crippen LogP contribution in [0, 0.1) is 0 Å². The lowest BCUT2D eigenvalue weighted by atomic mass is 10.0. The summed E-state index contributed by atoms with van der Waals surface area (Å²) in [5.41, 5.74) is 0. The molecule has 1 unspecified atom stereocenters. The van der Waals surface area contributed by atoms with Crippen molar-refractivity contribution in [1.82, 2.24) is 0 Å². The van der Waals surface area contributed by atoms with Crippen molar-refractivity contribution >= 4 is 11.9 Å². The van der Waals surface area contributed by atoms with Gasteiger partial charge in [0.1, 0.15) is 6.61 Å². The standard InChI is InChI=1S/C79H128O5/c1-3-5-7-9-11-13-15-17-19-21-23-25-27-29-31-33-34-35-36-37-38-39-40-41-42-43-44-46-47-49-51-53-55-57-59-61-63-65-67-69-71-73-78(81)83-76-77(75-80)84-79(82)74-72-70-68-66-64-62-60-58-56-54-52-50-48-45-32-30-28-26-24-22-20-18-16-14-12-10-8-6-4-2/h5-8,11-14,17-20,23-26,29-32,48,50,54,56,60,62,66,68,77,80H,3-4,9-10,15-16,21-22,27-28,33-47,49,51-53,55,57-59,61,63-65,67,69-76H2,1-2H3/b7-5-,8-6-,13-11-,14-12-,19-17-,20-18-,25-23-,26-24-,31-29-,32-30-,50-48-,56-54-,62-60-,68-66-. The SMILES string of the molecule is CC/C=C\C/C=C\C/C=C\C/C=C\C/C=C\C/C=C\C/C=C\C/C=C\C/C=C\CCCC(=O)OC(CO)COC(=O)CCCCCCCCCCCCCCCCCCCCCCCCCCC/C=C\C/C=C\C/C=C\C/C=C\C/C=C\CC. The molecule has 0 saturated heterocycles. The maximum atomic E-state index is 12.3. The number of aliphatic hydroxyl groups is 1. The molecule has 0 aromatic heterocycles. The fraction of sp³-hybridized carbons (Fsp3) is 0.620. The van der Waals surface area contributed by atoms with E-state index >= 15 is 0 Å². The number of hydrogen-bond acceptors (Lipinski definition) is 5. The minimum Gasteiger partial charge on any atom is -0.462 e. The molecule has 0 saturated carbocycles. The van der Waals surface area contributed by atoms with E-state index in [1.165, 1.54) is 148 Å². The van der Waals surface area contributed by atoms with E-state index in [1.807, 2.05) is 0 Å². The summed E-state index contributed by atoms with van der Waals surface area (Å²) < 4.78 is 10.7. The van der Waals surface area contributed by atoms with Gasteiger partial charge in [-0.2, -0.15) is 0 Å². The second kappa shape index (κ2) is 72.5. The lowest BCUT2D eigenvalue weighted by molar-refractivity contribution is -0.161. The van der Waals surface area contributed by atoms with Crippen molar-refractivity contribution in [3.63, 3.8) is 0 Å². The first-order chi connectivity index (χ1) is 41.6. The van der Waals surface area contributed by atoms with Crippen molar-refractivity contribution < 1.29 is 24.2 Å². The Kier molecular flexibility index (Phi) is 68.4. The van der Waals surface area contributed by atoms with E-state index in [0.29, 0.717) is 12.8 Å². The lowest BCUT2D eigenvalue weighted by Crippen LogP contribution is -2.28. The highest BCUT2D eigenvalue weighted by molar-refractivity contribution is 5.70. The Labute approximate surface area is 519 Å². The van der Waals surface area contributed by atoms with Gasteiger partial charge in [0.25, 0.3) is 0 Å². The average Bonchev–Trinajstić information content (AvgIpc) is 3.51. The summed E-state index contributed by atoms with van der Waals surface area (Å²) in [5, 5.41) is 9.68. The Morgan fingerprint density at radius 1 is 0.274 bits per heavy atom. The molecular formula is C79H128O5. The molecule has 0 radical (unpaired) electrons. The molecule has 0 spiro atoms. The Hall–Kier alpha value is -4.74. The van der Waals surface area contributed by atoms with E-state index in [-0.39, 0.29) is 31.6 Å². The number of unbranched alkanes of at least 4 members (excludes halogenated alkanes) is 26. The van der Waals surface area contributed by atoms with Crippen LogP contribution in [0.3, 0.4) is 0 Å². The van der Waals surface area contributed by atoms with Gasteiger partial charge in [-0.1, -0.05) is 332 Å². The molecule has 0 aliphatic carbocycles. The second-order valence-corrected chi connectivity index (χ2v) is 22.5. The topological polar surface area (TPSA) is 72.8 Å². The molecule has 0 fully saturated rings. The highest BCUT2D eigenvalue weighted by Crippen LogP contribution is 2.17. The highest BCUT2D eigenvalue weighted by Gasteiger charge is 2.16. The molecule has 0 aliphatic heterocycles. The molecule has 5 heteroatoms. The van der Waals surface area contributed by atoms with Gasteiger partial charge in [0.2, 0.25) is 0 Å². The van der Waals surface area contributed by atoms with Crippen LogP contribution in [0.2, 0.25) is 0 Å². The van der Waals surface area contributed by atoms with Gasteiger partial charge in [-0.25, -0.2) is 0 Å². The molecule has 5 nitrogen and oxygen atoms in total. The van der Waals surface area contributed by atoms with Crippen LogP contribution in [0.15, 0.2) is 170 Å². The average molecular weight is 1160 g/mol. The molecule has 0 bridgehead atoms. The molecule has 0 heterocycles. The van der Waals surface area contributed by atoms with Crippen LogP contribution in [-0.4, -0.2) is 36.4 Å². The summed E-state index contributed by atoms with van der Waals surface area (Å²) in [6.45, 7) is 3.88. The van der Waals surface area contributed by atoms with Crippen LogP contribution >= 0.6 is 0 Å². The summed E-state index contributed by atoms with van der Waals surface area (Å²) in [7, 11) is 0. The van der Waals surface area contributed by atoms with Crippen LogP contribution in [-0.2, 0) is 19.1 Å². The van der Waals surface area contributed by atoms with Crippen LogP contribution in [0.4, 0.5) is 0 Å². The highest BCUT2D eigenvalue weighted by atomic mass is 16.6. The van der Waals surface area contributed by atoms with E-state index in [4.69, 9.17) is 9.47 Å². The maximum Gasteiger partial charge on any atom is 0.306 e. The zero-order valence-electron chi connectivity index (χ0n) is 54.4. The van der Waals surface area contributed by atoms with Gasteiger partial charge >= 0.3 is 11.9 Å². The summed E-state index contributed by atoms with van der Waals surface area (Å²) in [5.74, 6) is -0.661. The van der Waals surface area contributed by atoms with Gasteiger partial charge in [-0.3, -0.25) is 9.59 Å². The third-order valence-electron chi connectivity index (χ3n) is 14.5. The van der Waals surface area contributed by atoms with Crippen molar-refractivity contribution in [2.24, 2.45) is 0 Å². The molecular weight excluding hydrogens is 1030 g/mol. The van der Waals surface area contributed by atoms with Crippen molar-refractivity contribution in [3.05, 3.63) is 170 Å². The van der Waals surface area contributed by atoms with Crippen LogP contribution in [0.1, 0.15) is 296 Å². The summed E-state index contributed by atoms with van der Waals surface area (Å²) >= 11 is 0. The quantitative estimate of drug-likeness (QED) is 0.0373. The third kappa shape index (κ3) is 69.8. The van der Waals surface area contributed by atoms with Gasteiger partial charge in [-0.15, -0.1) is 0 Å². The lowest BCUT2D eigenvalue weighted by Gasteiger charge is -2.15. The second-order valence-electron chi connectivity index (χ2n) is 22.5. The van der Waals surface area contributed by atoms with Gasteiger partial charge in [0.15, 0.2) is 6.10 Å². The monoisotopic (exact) mass is 1160 g/mol. The van der Waals surface area contributed by atoms with Crippen LogP contribution in [0.25, 0.3) is 0 Å².